The molecule has 0 bridgehead atoms. The van der Waals surface area contributed by atoms with Gasteiger partial charge in [-0.2, -0.15) is 0 Å². The van der Waals surface area contributed by atoms with Crippen LogP contribution >= 0.6 is 0 Å². The maximum absolute atomic E-state index is 13.5. The second-order valence-electron chi connectivity index (χ2n) is 7.84. The van der Waals surface area contributed by atoms with Crippen LogP contribution in [0.15, 0.2) is 77.6 Å². The van der Waals surface area contributed by atoms with Gasteiger partial charge in [0.15, 0.2) is 0 Å². The predicted molar refractivity (Wildman–Crippen MR) is 117 cm³/mol. The highest BCUT2D eigenvalue weighted by molar-refractivity contribution is 6.19. The van der Waals surface area contributed by atoms with Gasteiger partial charge in [0.05, 0.1) is 5.52 Å². The SMILES string of the molecule is CC1C=Cc2c(n3c(=O)c4ccccc4c4c(-c5ccccc5)ccc2c43)C1. The summed E-state index contributed by atoms with van der Waals surface area (Å²) in [5.41, 5.74) is 5.88. The van der Waals surface area contributed by atoms with Gasteiger partial charge >= 0.3 is 0 Å². The lowest BCUT2D eigenvalue weighted by atomic mass is 9.93. The van der Waals surface area contributed by atoms with E-state index in [9.17, 15) is 4.79 Å². The topological polar surface area (TPSA) is 21.5 Å². The maximum Gasteiger partial charge on any atom is 0.263 e. The van der Waals surface area contributed by atoms with Crippen LogP contribution < -0.4 is 5.56 Å². The number of benzene rings is 3. The zero-order valence-electron chi connectivity index (χ0n) is 15.6. The summed E-state index contributed by atoms with van der Waals surface area (Å²) in [5.74, 6) is 0.440. The molecule has 3 aromatic carbocycles. The Morgan fingerprint density at radius 2 is 1.61 bits per heavy atom. The molecular formula is C26H19NO. The summed E-state index contributed by atoms with van der Waals surface area (Å²) in [6, 6.07) is 22.9. The fourth-order valence-corrected chi connectivity index (χ4v) is 4.84. The zero-order valence-corrected chi connectivity index (χ0v) is 15.6. The van der Waals surface area contributed by atoms with Gasteiger partial charge in [-0.3, -0.25) is 9.20 Å². The van der Waals surface area contributed by atoms with E-state index in [2.05, 4.69) is 61.5 Å². The molecule has 0 fully saturated rings. The summed E-state index contributed by atoms with van der Waals surface area (Å²) in [7, 11) is 0. The molecule has 0 aliphatic heterocycles. The molecule has 2 nitrogen and oxygen atoms in total. The smallest absolute Gasteiger partial charge is 0.263 e. The monoisotopic (exact) mass is 361 g/mol. The van der Waals surface area contributed by atoms with Crippen molar-refractivity contribution in [2.45, 2.75) is 13.3 Å². The Bertz CT molecular complexity index is 1460. The molecule has 0 N–H and O–H groups in total. The van der Waals surface area contributed by atoms with Crippen molar-refractivity contribution in [2.24, 2.45) is 5.92 Å². The van der Waals surface area contributed by atoms with E-state index in [1.807, 2.05) is 28.7 Å². The summed E-state index contributed by atoms with van der Waals surface area (Å²) in [4.78, 5) is 13.5. The van der Waals surface area contributed by atoms with Crippen LogP contribution in [0.25, 0.3) is 44.3 Å². The number of hydrogen-bond donors (Lipinski definition) is 0. The summed E-state index contributed by atoms with van der Waals surface area (Å²) in [6.45, 7) is 2.21. The van der Waals surface area contributed by atoms with Gasteiger partial charge in [-0.1, -0.05) is 79.7 Å². The van der Waals surface area contributed by atoms with Crippen molar-refractivity contribution in [3.05, 3.63) is 94.4 Å². The fourth-order valence-electron chi connectivity index (χ4n) is 4.84. The van der Waals surface area contributed by atoms with Crippen LogP contribution in [0.4, 0.5) is 0 Å². The highest BCUT2D eigenvalue weighted by Crippen LogP contribution is 2.40. The third kappa shape index (κ3) is 1.95. The van der Waals surface area contributed by atoms with Crippen molar-refractivity contribution < 1.29 is 0 Å². The number of pyridine rings is 1. The van der Waals surface area contributed by atoms with E-state index >= 15 is 0 Å². The molecular weight excluding hydrogens is 342 g/mol. The van der Waals surface area contributed by atoms with E-state index in [1.165, 1.54) is 27.5 Å². The Balaban J connectivity index is 1.92. The Morgan fingerprint density at radius 3 is 2.43 bits per heavy atom. The Hall–Kier alpha value is -3.39. The van der Waals surface area contributed by atoms with Crippen molar-refractivity contribution in [3.63, 3.8) is 0 Å². The van der Waals surface area contributed by atoms with Gasteiger partial charge in [-0.15, -0.1) is 0 Å². The minimum Gasteiger partial charge on any atom is -0.279 e. The van der Waals surface area contributed by atoms with Gasteiger partial charge in [-0.05, 0) is 34.9 Å². The molecule has 0 saturated heterocycles. The average molecular weight is 361 g/mol. The molecule has 1 aliphatic rings. The minimum absolute atomic E-state index is 0.0991. The molecule has 28 heavy (non-hydrogen) atoms. The Morgan fingerprint density at radius 1 is 0.857 bits per heavy atom. The highest BCUT2D eigenvalue weighted by Gasteiger charge is 2.24. The van der Waals surface area contributed by atoms with Crippen molar-refractivity contribution in [1.82, 2.24) is 4.40 Å². The largest absolute Gasteiger partial charge is 0.279 e. The molecule has 1 atom stereocenters. The fraction of sp³-hybridized carbons (Fsp3) is 0.115. The van der Waals surface area contributed by atoms with Crippen molar-refractivity contribution in [1.29, 1.82) is 0 Å². The third-order valence-corrected chi connectivity index (χ3v) is 6.09. The average Bonchev–Trinajstić information content (AvgIpc) is 3.06. The first kappa shape index (κ1) is 15.6. The molecule has 6 rings (SSSR count). The molecule has 1 unspecified atom stereocenters. The minimum atomic E-state index is 0.0991. The lowest BCUT2D eigenvalue weighted by Crippen LogP contribution is -2.17. The number of fused-ring (bicyclic) bond motifs is 5. The van der Waals surface area contributed by atoms with E-state index < -0.39 is 0 Å². The normalized spacial score (nSPS) is 16.2. The van der Waals surface area contributed by atoms with E-state index in [4.69, 9.17) is 0 Å². The number of nitrogens with zero attached hydrogens (tertiary/aromatic N) is 1. The second kappa shape index (κ2) is 5.56. The third-order valence-electron chi connectivity index (χ3n) is 6.09. The van der Waals surface area contributed by atoms with E-state index in [0.29, 0.717) is 5.92 Å². The van der Waals surface area contributed by atoms with Gasteiger partial charge in [-0.25, -0.2) is 0 Å². The lowest BCUT2D eigenvalue weighted by Gasteiger charge is -2.14. The van der Waals surface area contributed by atoms with E-state index in [-0.39, 0.29) is 5.56 Å². The summed E-state index contributed by atoms with van der Waals surface area (Å²) < 4.78 is 1.99. The summed E-state index contributed by atoms with van der Waals surface area (Å²) in [5, 5.41) is 4.18. The van der Waals surface area contributed by atoms with Gasteiger partial charge in [0.25, 0.3) is 5.56 Å². The number of allylic oxidation sites excluding steroid dienone is 1. The van der Waals surface area contributed by atoms with Crippen LogP contribution in [0.2, 0.25) is 0 Å². The van der Waals surface area contributed by atoms with Crippen LogP contribution in [0, 0.1) is 5.92 Å². The summed E-state index contributed by atoms with van der Waals surface area (Å²) in [6.07, 6.45) is 5.36. The molecule has 134 valence electrons. The first-order valence-corrected chi connectivity index (χ1v) is 9.82. The molecule has 0 amide bonds. The van der Waals surface area contributed by atoms with Crippen LogP contribution in [-0.4, -0.2) is 4.40 Å². The number of hydrogen-bond acceptors (Lipinski definition) is 1. The zero-order chi connectivity index (χ0) is 18.8. The Kier molecular flexibility index (Phi) is 3.10. The molecule has 5 aromatic rings. The predicted octanol–water partition coefficient (Wildman–Crippen LogP) is 5.92. The molecule has 2 aromatic heterocycles. The number of aromatic nitrogens is 1. The first-order chi connectivity index (χ1) is 13.7. The van der Waals surface area contributed by atoms with E-state index in [0.717, 1.165) is 28.4 Å². The Labute approximate surface area is 162 Å². The standard InChI is InChI=1S/C26H19NO/c1-16-11-12-19-21-14-13-18(17-7-3-2-4-8-17)24-20-9-5-6-10-22(20)26(28)27(25(21)24)23(19)15-16/h2-14,16H,15H2,1H3. The van der Waals surface area contributed by atoms with Crippen LogP contribution in [0.3, 0.4) is 0 Å². The summed E-state index contributed by atoms with van der Waals surface area (Å²) >= 11 is 0. The highest BCUT2D eigenvalue weighted by atomic mass is 16.1. The van der Waals surface area contributed by atoms with E-state index in [1.54, 1.807) is 0 Å². The van der Waals surface area contributed by atoms with Crippen molar-refractivity contribution in [3.8, 4) is 11.1 Å². The van der Waals surface area contributed by atoms with Gasteiger partial charge < -0.3 is 0 Å². The molecule has 2 heterocycles. The lowest BCUT2D eigenvalue weighted by molar-refractivity contribution is 0.693. The van der Waals surface area contributed by atoms with Gasteiger partial charge in [0.2, 0.25) is 0 Å². The number of rotatable bonds is 1. The molecule has 0 saturated carbocycles. The van der Waals surface area contributed by atoms with Crippen LogP contribution in [0.1, 0.15) is 18.2 Å². The van der Waals surface area contributed by atoms with Gasteiger partial charge in [0, 0.05) is 27.4 Å². The quantitative estimate of drug-likeness (QED) is 0.340. The van der Waals surface area contributed by atoms with Crippen molar-refractivity contribution >= 4 is 33.1 Å². The molecule has 0 radical (unpaired) electrons. The first-order valence-electron chi connectivity index (χ1n) is 9.82. The van der Waals surface area contributed by atoms with Crippen LogP contribution in [-0.2, 0) is 6.42 Å². The maximum atomic E-state index is 13.5. The second-order valence-corrected chi connectivity index (χ2v) is 7.84. The molecule has 0 spiro atoms. The van der Waals surface area contributed by atoms with Crippen molar-refractivity contribution in [2.75, 3.05) is 0 Å². The molecule has 1 aliphatic carbocycles. The molecule has 2 heteroatoms. The van der Waals surface area contributed by atoms with Crippen LogP contribution in [0.5, 0.6) is 0 Å². The van der Waals surface area contributed by atoms with Gasteiger partial charge in [0.1, 0.15) is 0 Å².